The molecule has 5 heteroatoms. The van der Waals surface area contributed by atoms with Gasteiger partial charge in [-0.25, -0.2) is 4.98 Å². The van der Waals surface area contributed by atoms with Crippen LogP contribution in [-0.2, 0) is 5.72 Å². The van der Waals surface area contributed by atoms with Crippen LogP contribution in [0.25, 0.3) is 11.0 Å². The number of nitrogens with zero attached hydrogens (tertiary/aromatic N) is 2. The summed E-state index contributed by atoms with van der Waals surface area (Å²) >= 11 is 0. The molecule has 1 unspecified atom stereocenters. The summed E-state index contributed by atoms with van der Waals surface area (Å²) in [6, 6.07) is 22.4. The van der Waals surface area contributed by atoms with Gasteiger partial charge in [0.15, 0.2) is 12.1 Å². The second-order valence-corrected chi connectivity index (χ2v) is 7.31. The number of carbonyl (C=O) groups is 1. The van der Waals surface area contributed by atoms with Gasteiger partial charge in [-0.1, -0.05) is 61.5 Å². The van der Waals surface area contributed by atoms with Crippen molar-refractivity contribution in [1.29, 1.82) is 0 Å². The van der Waals surface area contributed by atoms with Gasteiger partial charge in [0.05, 0.1) is 17.1 Å². The summed E-state index contributed by atoms with van der Waals surface area (Å²) in [5.74, 6) is -0.174. The van der Waals surface area contributed by atoms with E-state index in [1.54, 1.807) is 11.0 Å². The molecule has 0 spiro atoms. The highest BCUT2D eigenvalue weighted by atomic mass is 16.3. The number of imidazole rings is 1. The highest BCUT2D eigenvalue weighted by Crippen LogP contribution is 2.47. The van der Waals surface area contributed by atoms with Crippen molar-refractivity contribution in [3.63, 3.8) is 0 Å². The second-order valence-electron chi connectivity index (χ2n) is 7.31. The van der Waals surface area contributed by atoms with Gasteiger partial charge in [0.25, 0.3) is 5.91 Å². The summed E-state index contributed by atoms with van der Waals surface area (Å²) < 4.78 is 0. The molecule has 0 aliphatic carbocycles. The van der Waals surface area contributed by atoms with Crippen LogP contribution in [-0.4, -0.2) is 25.9 Å². The van der Waals surface area contributed by atoms with E-state index in [0.717, 1.165) is 11.1 Å². The lowest BCUT2D eigenvalue weighted by molar-refractivity contribution is -0.0715. The first-order valence-corrected chi connectivity index (χ1v) is 9.71. The van der Waals surface area contributed by atoms with Crippen LogP contribution in [0.2, 0.25) is 0 Å². The third-order valence-electron chi connectivity index (χ3n) is 5.75. The fourth-order valence-electron chi connectivity index (χ4n) is 4.38. The van der Waals surface area contributed by atoms with E-state index < -0.39 is 5.72 Å². The number of fused-ring (bicyclic) bond motifs is 2. The number of rotatable bonds is 4. The van der Waals surface area contributed by atoms with Crippen LogP contribution in [0.1, 0.15) is 46.4 Å². The van der Waals surface area contributed by atoms with Gasteiger partial charge in [-0.15, -0.1) is 0 Å². The number of hydrogen-bond acceptors (Lipinski definition) is 3. The first-order chi connectivity index (χ1) is 14.1. The SMILES string of the molecule is CC[C@@H](c1ccccc1)N1C(=O)c2ccccc2C1(O)c1ccc2[nH][c]nc2c1. The Hall–Kier alpha value is -3.44. The molecule has 5 nitrogen and oxygen atoms in total. The van der Waals surface area contributed by atoms with Crippen LogP contribution < -0.4 is 0 Å². The molecule has 0 bridgehead atoms. The Bertz CT molecular complexity index is 1200. The van der Waals surface area contributed by atoms with Gasteiger partial charge in [-0.05, 0) is 30.2 Å². The topological polar surface area (TPSA) is 69.2 Å². The van der Waals surface area contributed by atoms with Gasteiger partial charge < -0.3 is 10.1 Å². The fraction of sp³-hybridized carbons (Fsp3) is 0.167. The molecule has 1 aliphatic heterocycles. The number of carbonyl (C=O) groups excluding carboxylic acids is 1. The van der Waals surface area contributed by atoms with Gasteiger partial charge in [-0.2, -0.15) is 0 Å². The first kappa shape index (κ1) is 17.6. The Labute approximate surface area is 168 Å². The van der Waals surface area contributed by atoms with Crippen LogP contribution in [0.3, 0.4) is 0 Å². The van der Waals surface area contributed by atoms with Crippen LogP contribution in [0.4, 0.5) is 0 Å². The van der Waals surface area contributed by atoms with Crippen LogP contribution in [0.5, 0.6) is 0 Å². The van der Waals surface area contributed by atoms with Gasteiger partial charge in [0.1, 0.15) is 0 Å². The lowest BCUT2D eigenvalue weighted by atomic mass is 9.91. The van der Waals surface area contributed by atoms with Crippen LogP contribution in [0.15, 0.2) is 72.8 Å². The molecule has 2 atom stereocenters. The van der Waals surface area contributed by atoms with Crippen molar-refractivity contribution in [2.24, 2.45) is 0 Å². The van der Waals surface area contributed by atoms with Crippen molar-refractivity contribution in [2.45, 2.75) is 25.1 Å². The average Bonchev–Trinajstić information content (AvgIpc) is 3.32. The minimum atomic E-state index is -1.59. The van der Waals surface area contributed by atoms with Crippen molar-refractivity contribution >= 4 is 16.9 Å². The Morgan fingerprint density at radius 2 is 1.86 bits per heavy atom. The number of aromatic nitrogens is 2. The molecule has 1 amide bonds. The number of H-pyrrole nitrogens is 1. The highest BCUT2D eigenvalue weighted by Gasteiger charge is 2.52. The normalized spacial score (nSPS) is 19.5. The molecule has 2 N–H and O–H groups in total. The second kappa shape index (κ2) is 6.57. The van der Waals surface area contributed by atoms with E-state index in [1.165, 1.54) is 0 Å². The monoisotopic (exact) mass is 382 g/mol. The molecular weight excluding hydrogens is 362 g/mol. The zero-order valence-electron chi connectivity index (χ0n) is 16.0. The molecule has 29 heavy (non-hydrogen) atoms. The highest BCUT2D eigenvalue weighted by molar-refractivity contribution is 6.00. The van der Waals surface area contributed by atoms with Crippen molar-refractivity contribution < 1.29 is 9.90 Å². The molecule has 1 radical (unpaired) electrons. The molecule has 3 aromatic carbocycles. The smallest absolute Gasteiger partial charge is 0.257 e. The molecule has 1 aliphatic rings. The molecular formula is C24H20N3O2. The molecule has 143 valence electrons. The Morgan fingerprint density at radius 3 is 2.66 bits per heavy atom. The van der Waals surface area contributed by atoms with E-state index in [9.17, 15) is 9.90 Å². The predicted molar refractivity (Wildman–Crippen MR) is 110 cm³/mol. The third-order valence-corrected chi connectivity index (χ3v) is 5.75. The summed E-state index contributed by atoms with van der Waals surface area (Å²) in [6.45, 7) is 2.03. The predicted octanol–water partition coefficient (Wildman–Crippen LogP) is 4.16. The number of amides is 1. The van der Waals surface area contributed by atoms with Crippen LogP contribution in [0, 0.1) is 6.33 Å². The summed E-state index contributed by atoms with van der Waals surface area (Å²) in [4.78, 5) is 22.3. The van der Waals surface area contributed by atoms with E-state index >= 15 is 0 Å². The van der Waals surface area contributed by atoms with Gasteiger partial charge >= 0.3 is 0 Å². The van der Waals surface area contributed by atoms with E-state index in [4.69, 9.17) is 0 Å². The zero-order valence-corrected chi connectivity index (χ0v) is 16.0. The summed E-state index contributed by atoms with van der Waals surface area (Å²) in [7, 11) is 0. The fourth-order valence-corrected chi connectivity index (χ4v) is 4.38. The number of hydrogen-bond donors (Lipinski definition) is 2. The van der Waals surface area contributed by atoms with Crippen molar-refractivity contribution in [3.8, 4) is 0 Å². The standard InChI is InChI=1S/C24H20N3O2/c1-2-22(16-8-4-3-5-9-16)27-23(28)18-10-6-7-11-19(18)24(27,29)17-12-13-20-21(14-17)26-15-25-20/h3-14,22,29H,2H2,1H3,(H,25,26)/t22-,24?/m0/s1. The van der Waals surface area contributed by atoms with Gasteiger partial charge in [-0.3, -0.25) is 9.69 Å². The molecule has 0 saturated heterocycles. The van der Waals surface area contributed by atoms with E-state index in [-0.39, 0.29) is 11.9 Å². The van der Waals surface area contributed by atoms with Gasteiger partial charge in [0, 0.05) is 16.7 Å². The lowest BCUT2D eigenvalue weighted by Gasteiger charge is -2.40. The number of nitrogens with one attached hydrogen (secondary N) is 1. The molecule has 2 heterocycles. The van der Waals surface area contributed by atoms with Crippen LogP contribution >= 0.6 is 0 Å². The maximum atomic E-state index is 13.5. The van der Waals surface area contributed by atoms with Crippen molar-refractivity contribution in [1.82, 2.24) is 14.9 Å². The molecule has 0 saturated carbocycles. The Morgan fingerprint density at radius 1 is 1.10 bits per heavy atom. The molecule has 4 aromatic rings. The van der Waals surface area contributed by atoms with Crippen molar-refractivity contribution in [2.75, 3.05) is 0 Å². The third kappa shape index (κ3) is 2.51. The first-order valence-electron chi connectivity index (χ1n) is 9.71. The summed E-state index contributed by atoms with van der Waals surface area (Å²) in [5.41, 5.74) is 2.66. The maximum Gasteiger partial charge on any atom is 0.257 e. The van der Waals surface area contributed by atoms with Gasteiger partial charge in [0.2, 0.25) is 0 Å². The summed E-state index contributed by atoms with van der Waals surface area (Å²) in [6.07, 6.45) is 3.40. The molecule has 0 fully saturated rings. The van der Waals surface area contributed by atoms with Crippen molar-refractivity contribution in [3.05, 3.63) is 101 Å². The van der Waals surface area contributed by atoms with E-state index in [0.29, 0.717) is 28.6 Å². The number of benzene rings is 3. The lowest BCUT2D eigenvalue weighted by Crippen LogP contribution is -2.46. The Kier molecular flexibility index (Phi) is 4.00. The summed E-state index contributed by atoms with van der Waals surface area (Å²) in [5, 5.41) is 12.2. The maximum absolute atomic E-state index is 13.5. The molecule has 1 aromatic heterocycles. The average molecular weight is 382 g/mol. The van der Waals surface area contributed by atoms with E-state index in [2.05, 4.69) is 16.3 Å². The number of aliphatic hydroxyl groups is 1. The largest absolute Gasteiger partial charge is 0.363 e. The number of aromatic amines is 1. The molecule has 5 rings (SSSR count). The quantitative estimate of drug-likeness (QED) is 0.557. The minimum absolute atomic E-state index is 0.174. The zero-order chi connectivity index (χ0) is 20.0. The minimum Gasteiger partial charge on any atom is -0.363 e. The Balaban J connectivity index is 1.75. The van der Waals surface area contributed by atoms with E-state index in [1.807, 2.05) is 73.7 Å².